The van der Waals surface area contributed by atoms with Gasteiger partial charge in [-0.05, 0) is 48.2 Å². The molecule has 4 N–H and O–H groups in total. The molecule has 5 atom stereocenters. The fraction of sp³-hybridized carbons (Fsp3) is 0.478. The van der Waals surface area contributed by atoms with Crippen molar-refractivity contribution in [2.45, 2.75) is 43.5 Å². The summed E-state index contributed by atoms with van der Waals surface area (Å²) in [6.07, 6.45) is -5.35. The fourth-order valence-corrected chi connectivity index (χ4v) is 3.55. The highest BCUT2D eigenvalue weighted by atomic mass is 16.7. The van der Waals surface area contributed by atoms with Gasteiger partial charge in [0.1, 0.15) is 35.9 Å². The average molecular weight is 450 g/mol. The minimum absolute atomic E-state index is 0.295. The molecule has 0 aromatic heterocycles. The highest BCUT2D eigenvalue weighted by molar-refractivity contribution is 5.44. The Morgan fingerprint density at radius 2 is 1.41 bits per heavy atom. The van der Waals surface area contributed by atoms with E-state index in [-0.39, 0.29) is 0 Å². The molecular weight excluding hydrogens is 420 g/mol. The van der Waals surface area contributed by atoms with Gasteiger partial charge in [0, 0.05) is 6.07 Å². The van der Waals surface area contributed by atoms with Gasteiger partial charge in [-0.15, -0.1) is 0 Å². The van der Waals surface area contributed by atoms with Crippen molar-refractivity contribution in [1.29, 1.82) is 0 Å². The van der Waals surface area contributed by atoms with Crippen molar-refractivity contribution in [2.75, 3.05) is 27.9 Å². The van der Waals surface area contributed by atoms with Crippen LogP contribution in [0.4, 0.5) is 0 Å². The van der Waals surface area contributed by atoms with E-state index in [9.17, 15) is 20.4 Å². The molecule has 32 heavy (non-hydrogen) atoms. The Hall–Kier alpha value is -2.56. The van der Waals surface area contributed by atoms with Gasteiger partial charge in [0.25, 0.3) is 0 Å². The molecular formula is C23H30O9. The van der Waals surface area contributed by atoms with Gasteiger partial charge < -0.3 is 44.1 Å². The van der Waals surface area contributed by atoms with Crippen LogP contribution in [0, 0.1) is 0 Å². The second kappa shape index (κ2) is 10.8. The molecule has 1 fully saturated rings. The minimum atomic E-state index is -1.52. The molecule has 9 nitrogen and oxygen atoms in total. The lowest BCUT2D eigenvalue weighted by molar-refractivity contribution is -0.277. The maximum absolute atomic E-state index is 10.2. The molecule has 1 aliphatic rings. The summed E-state index contributed by atoms with van der Waals surface area (Å²) >= 11 is 0. The van der Waals surface area contributed by atoms with Crippen LogP contribution in [-0.2, 0) is 17.6 Å². The van der Waals surface area contributed by atoms with E-state index in [0.29, 0.717) is 17.9 Å². The van der Waals surface area contributed by atoms with Gasteiger partial charge in [-0.3, -0.25) is 0 Å². The van der Waals surface area contributed by atoms with E-state index in [1.54, 1.807) is 20.3 Å². The summed E-state index contributed by atoms with van der Waals surface area (Å²) in [6, 6.07) is 11.1. The maximum Gasteiger partial charge on any atom is 0.229 e. The SMILES string of the molecule is COc1cc(CCc2ccc(O[C@@H]3O[C@H](CO)[C@@H](O)[C@H](O)[C@H]3O)c(OC)c2)cc(OC)c1. The summed E-state index contributed by atoms with van der Waals surface area (Å²) in [5.41, 5.74) is 2.05. The Morgan fingerprint density at radius 1 is 0.750 bits per heavy atom. The Balaban J connectivity index is 1.71. The van der Waals surface area contributed by atoms with Crippen molar-refractivity contribution in [3.63, 3.8) is 0 Å². The number of hydrogen-bond donors (Lipinski definition) is 4. The highest BCUT2D eigenvalue weighted by Gasteiger charge is 2.44. The van der Waals surface area contributed by atoms with Gasteiger partial charge in [0.2, 0.25) is 6.29 Å². The Bertz CT molecular complexity index is 864. The van der Waals surface area contributed by atoms with E-state index in [1.807, 2.05) is 30.3 Å². The molecule has 1 aliphatic heterocycles. The van der Waals surface area contributed by atoms with Gasteiger partial charge in [0.05, 0.1) is 27.9 Å². The first-order valence-corrected chi connectivity index (χ1v) is 10.3. The number of rotatable bonds is 9. The number of aryl methyl sites for hydroxylation is 2. The van der Waals surface area contributed by atoms with Crippen molar-refractivity contribution < 1.29 is 44.1 Å². The van der Waals surface area contributed by atoms with Crippen LogP contribution in [0.15, 0.2) is 36.4 Å². The number of aliphatic hydroxyl groups is 4. The monoisotopic (exact) mass is 450 g/mol. The molecule has 0 saturated carbocycles. The second-order valence-electron chi connectivity index (χ2n) is 7.52. The third-order valence-corrected chi connectivity index (χ3v) is 5.43. The molecule has 0 aliphatic carbocycles. The number of hydrogen-bond acceptors (Lipinski definition) is 9. The molecule has 0 spiro atoms. The van der Waals surface area contributed by atoms with Crippen LogP contribution in [0.1, 0.15) is 11.1 Å². The quantitative estimate of drug-likeness (QED) is 0.436. The van der Waals surface area contributed by atoms with Gasteiger partial charge in [-0.1, -0.05) is 6.07 Å². The predicted octanol–water partition coefficient (Wildman–Crippen LogP) is 0.676. The first-order valence-electron chi connectivity index (χ1n) is 10.3. The van der Waals surface area contributed by atoms with Gasteiger partial charge in [-0.25, -0.2) is 0 Å². The smallest absolute Gasteiger partial charge is 0.229 e. The van der Waals surface area contributed by atoms with Crippen LogP contribution in [0.2, 0.25) is 0 Å². The first-order chi connectivity index (χ1) is 15.4. The standard InChI is InChI=1S/C23H30O9/c1-28-15-8-14(9-16(11-15)29-2)5-4-13-6-7-17(18(10-13)30-3)31-23-22(27)21(26)20(25)19(12-24)32-23/h6-11,19-27H,4-5,12H2,1-3H3/t19-,20-,21+,22-,23-/m1/s1. The summed E-state index contributed by atoms with van der Waals surface area (Å²) in [5, 5.41) is 39.4. The number of benzene rings is 2. The van der Waals surface area contributed by atoms with E-state index in [4.69, 9.17) is 23.7 Å². The molecule has 1 saturated heterocycles. The minimum Gasteiger partial charge on any atom is -0.497 e. The van der Waals surface area contributed by atoms with Crippen molar-refractivity contribution in [1.82, 2.24) is 0 Å². The van der Waals surface area contributed by atoms with Crippen LogP contribution in [-0.4, -0.2) is 79.1 Å². The zero-order valence-electron chi connectivity index (χ0n) is 18.3. The molecule has 0 radical (unpaired) electrons. The Morgan fingerprint density at radius 3 is 2.00 bits per heavy atom. The van der Waals surface area contributed by atoms with Crippen LogP contribution >= 0.6 is 0 Å². The van der Waals surface area contributed by atoms with Crippen LogP contribution in [0.5, 0.6) is 23.0 Å². The summed E-state index contributed by atoms with van der Waals surface area (Å²) in [5.74, 6) is 2.16. The maximum atomic E-state index is 10.2. The van der Waals surface area contributed by atoms with E-state index in [2.05, 4.69) is 0 Å². The summed E-state index contributed by atoms with van der Waals surface area (Å²) in [4.78, 5) is 0. The number of aliphatic hydroxyl groups excluding tert-OH is 4. The molecule has 0 amide bonds. The Kier molecular flexibility index (Phi) is 8.16. The normalized spacial score (nSPS) is 25.3. The summed E-state index contributed by atoms with van der Waals surface area (Å²) in [6.45, 7) is -0.532. The van der Waals surface area contributed by atoms with E-state index >= 15 is 0 Å². The third-order valence-electron chi connectivity index (χ3n) is 5.43. The molecule has 2 aromatic carbocycles. The van der Waals surface area contributed by atoms with Gasteiger partial charge in [0.15, 0.2) is 11.5 Å². The molecule has 176 valence electrons. The van der Waals surface area contributed by atoms with E-state index < -0.39 is 37.3 Å². The van der Waals surface area contributed by atoms with Crippen LogP contribution < -0.4 is 18.9 Å². The van der Waals surface area contributed by atoms with Gasteiger partial charge >= 0.3 is 0 Å². The third kappa shape index (κ3) is 5.43. The lowest BCUT2D eigenvalue weighted by Crippen LogP contribution is -2.60. The summed E-state index contributed by atoms with van der Waals surface area (Å²) < 4.78 is 27.2. The lowest BCUT2D eigenvalue weighted by atomic mass is 9.99. The van der Waals surface area contributed by atoms with Crippen molar-refractivity contribution >= 4 is 0 Å². The zero-order valence-corrected chi connectivity index (χ0v) is 18.3. The fourth-order valence-electron chi connectivity index (χ4n) is 3.55. The molecule has 1 heterocycles. The zero-order chi connectivity index (χ0) is 23.3. The molecule has 3 rings (SSSR count). The lowest BCUT2D eigenvalue weighted by Gasteiger charge is -2.39. The topological polar surface area (TPSA) is 127 Å². The Labute approximate surface area is 186 Å². The number of ether oxygens (including phenoxy) is 5. The van der Waals surface area contributed by atoms with Crippen molar-refractivity contribution in [2.24, 2.45) is 0 Å². The highest BCUT2D eigenvalue weighted by Crippen LogP contribution is 2.32. The molecule has 9 heteroatoms. The molecule has 0 bridgehead atoms. The van der Waals surface area contributed by atoms with E-state index in [1.165, 1.54) is 7.11 Å². The van der Waals surface area contributed by atoms with E-state index in [0.717, 1.165) is 29.0 Å². The second-order valence-corrected chi connectivity index (χ2v) is 7.52. The molecule has 2 aromatic rings. The first kappa shape index (κ1) is 24.1. The predicted molar refractivity (Wildman–Crippen MR) is 114 cm³/mol. The van der Waals surface area contributed by atoms with Crippen LogP contribution in [0.25, 0.3) is 0 Å². The largest absolute Gasteiger partial charge is 0.497 e. The summed E-state index contributed by atoms with van der Waals surface area (Å²) in [7, 11) is 4.71. The van der Waals surface area contributed by atoms with Crippen molar-refractivity contribution in [3.05, 3.63) is 47.5 Å². The van der Waals surface area contributed by atoms with Crippen LogP contribution in [0.3, 0.4) is 0 Å². The van der Waals surface area contributed by atoms with Gasteiger partial charge in [-0.2, -0.15) is 0 Å². The van der Waals surface area contributed by atoms with Crippen molar-refractivity contribution in [3.8, 4) is 23.0 Å². The number of methoxy groups -OCH3 is 3. The average Bonchev–Trinajstić information content (AvgIpc) is 2.83. The molecule has 0 unspecified atom stereocenters.